The molecule has 1 aromatic carbocycles. The van der Waals surface area contributed by atoms with E-state index in [1.165, 1.54) is 0 Å². The number of rotatable bonds is 7. The van der Waals surface area contributed by atoms with Gasteiger partial charge in [-0.15, -0.1) is 0 Å². The van der Waals surface area contributed by atoms with Crippen LogP contribution in [0, 0.1) is 0 Å². The largest absolute Gasteiger partial charge is 0.494 e. The quantitative estimate of drug-likeness (QED) is 0.572. The van der Waals surface area contributed by atoms with Crippen LogP contribution in [0.5, 0.6) is 5.75 Å². The zero-order valence-corrected chi connectivity index (χ0v) is 12.0. The van der Waals surface area contributed by atoms with Crippen molar-refractivity contribution in [3.63, 3.8) is 0 Å². The van der Waals surface area contributed by atoms with Gasteiger partial charge in [-0.3, -0.25) is 4.79 Å². The maximum Gasteiger partial charge on any atom is 0.295 e. The summed E-state index contributed by atoms with van der Waals surface area (Å²) in [4.78, 5) is 10.2. The summed E-state index contributed by atoms with van der Waals surface area (Å²) in [7, 11) is 3.25. The van der Waals surface area contributed by atoms with Gasteiger partial charge >= 0.3 is 0 Å². The molecule has 1 rings (SSSR count). The molecule has 0 spiro atoms. The van der Waals surface area contributed by atoms with Gasteiger partial charge in [0, 0.05) is 19.8 Å². The average Bonchev–Trinajstić information content (AvgIpc) is 2.43. The third-order valence-corrected chi connectivity index (χ3v) is 2.35. The lowest BCUT2D eigenvalue weighted by Crippen LogP contribution is -2.25. The Hall–Kier alpha value is -1.63. The molecule has 2 N–H and O–H groups in total. The van der Waals surface area contributed by atoms with E-state index >= 15 is 0 Å². The van der Waals surface area contributed by atoms with Crippen molar-refractivity contribution in [2.24, 2.45) is 0 Å². The number of benzene rings is 1. The molecule has 0 amide bonds. The highest BCUT2D eigenvalue weighted by Gasteiger charge is 2.24. The molecule has 1 aromatic rings. The monoisotopic (exact) mass is 286 g/mol. The van der Waals surface area contributed by atoms with Gasteiger partial charge < -0.3 is 24.4 Å². The third kappa shape index (κ3) is 6.01. The van der Waals surface area contributed by atoms with Crippen LogP contribution in [0.25, 0.3) is 0 Å². The van der Waals surface area contributed by atoms with Crippen molar-refractivity contribution in [3.8, 4) is 5.75 Å². The number of hydrogen-bond acceptors (Lipinski definition) is 6. The summed E-state index contributed by atoms with van der Waals surface area (Å²) < 4.78 is 14.1. The summed E-state index contributed by atoms with van der Waals surface area (Å²) in [6.07, 6.45) is -1.39. The number of para-hydroxylation sites is 1. The number of carbonyl (C=O) groups is 1. The lowest BCUT2D eigenvalue weighted by Gasteiger charge is -2.21. The standard InChI is InChI=1S/C12H16O5.C2H6O/c1-2-16-11-6-4-3-5-9(11)10(7-13)12(15)17-8-14;1-3-2/h3-6,8,10,12-13,15H,2,7H2,1H3;1-2H3. The summed E-state index contributed by atoms with van der Waals surface area (Å²) in [6.45, 7) is 2.11. The molecule has 0 saturated heterocycles. The second-order valence-electron chi connectivity index (χ2n) is 3.79. The highest BCUT2D eigenvalue weighted by Crippen LogP contribution is 2.29. The van der Waals surface area contributed by atoms with Crippen LogP contribution in [0.15, 0.2) is 24.3 Å². The Labute approximate surface area is 118 Å². The first-order valence-corrected chi connectivity index (χ1v) is 6.16. The van der Waals surface area contributed by atoms with Crippen LogP contribution >= 0.6 is 0 Å². The number of methoxy groups -OCH3 is 1. The van der Waals surface area contributed by atoms with E-state index in [4.69, 9.17) is 4.74 Å². The van der Waals surface area contributed by atoms with Gasteiger partial charge in [0.1, 0.15) is 5.75 Å². The Bertz CT molecular complexity index is 368. The first-order valence-electron chi connectivity index (χ1n) is 6.16. The average molecular weight is 286 g/mol. The zero-order chi connectivity index (χ0) is 15.4. The smallest absolute Gasteiger partial charge is 0.295 e. The number of hydrogen-bond donors (Lipinski definition) is 2. The molecule has 0 aliphatic heterocycles. The van der Waals surface area contributed by atoms with Crippen LogP contribution in [0.3, 0.4) is 0 Å². The molecule has 0 aliphatic carbocycles. The number of ether oxygens (including phenoxy) is 3. The van der Waals surface area contributed by atoms with Gasteiger partial charge in [-0.05, 0) is 13.0 Å². The predicted octanol–water partition coefficient (Wildman–Crippen LogP) is 0.915. The van der Waals surface area contributed by atoms with Crippen LogP contribution in [0.2, 0.25) is 0 Å². The Morgan fingerprint density at radius 1 is 1.30 bits per heavy atom. The maximum atomic E-state index is 10.2. The highest BCUT2D eigenvalue weighted by atomic mass is 16.6. The van der Waals surface area contributed by atoms with Crippen molar-refractivity contribution < 1.29 is 29.2 Å². The normalized spacial score (nSPS) is 12.7. The van der Waals surface area contributed by atoms with E-state index in [2.05, 4.69) is 9.47 Å². The van der Waals surface area contributed by atoms with Crippen molar-refractivity contribution in [2.45, 2.75) is 19.1 Å². The summed E-state index contributed by atoms with van der Waals surface area (Å²) in [6, 6.07) is 6.99. The molecule has 0 fully saturated rings. The zero-order valence-electron chi connectivity index (χ0n) is 12.0. The van der Waals surface area contributed by atoms with Crippen LogP contribution in [-0.2, 0) is 14.3 Å². The second-order valence-corrected chi connectivity index (χ2v) is 3.79. The van der Waals surface area contributed by atoms with Crippen molar-refractivity contribution in [1.29, 1.82) is 0 Å². The molecule has 6 heteroatoms. The molecule has 20 heavy (non-hydrogen) atoms. The fraction of sp³-hybridized carbons (Fsp3) is 0.500. The molecule has 114 valence electrons. The van der Waals surface area contributed by atoms with E-state index in [1.807, 2.05) is 6.92 Å². The van der Waals surface area contributed by atoms with Crippen molar-refractivity contribution in [1.82, 2.24) is 0 Å². The predicted molar refractivity (Wildman–Crippen MR) is 73.5 cm³/mol. The fourth-order valence-corrected chi connectivity index (χ4v) is 1.57. The summed E-state index contributed by atoms with van der Waals surface area (Å²) in [5.41, 5.74) is 0.603. The molecular formula is C14H22O6. The van der Waals surface area contributed by atoms with Gasteiger partial charge in [0.15, 0.2) is 0 Å². The maximum absolute atomic E-state index is 10.2. The molecule has 6 nitrogen and oxygen atoms in total. The molecule has 2 atom stereocenters. The molecule has 0 aliphatic rings. The van der Waals surface area contributed by atoms with E-state index in [1.54, 1.807) is 38.5 Å². The van der Waals surface area contributed by atoms with Gasteiger partial charge in [-0.25, -0.2) is 0 Å². The number of carbonyl (C=O) groups excluding carboxylic acids is 1. The summed E-state index contributed by atoms with van der Waals surface area (Å²) >= 11 is 0. The van der Waals surface area contributed by atoms with Gasteiger partial charge in [0.2, 0.25) is 6.29 Å². The molecular weight excluding hydrogens is 264 g/mol. The van der Waals surface area contributed by atoms with Crippen molar-refractivity contribution >= 4 is 6.47 Å². The van der Waals surface area contributed by atoms with E-state index in [0.29, 0.717) is 17.9 Å². The van der Waals surface area contributed by atoms with E-state index in [0.717, 1.165) is 0 Å². The molecule has 0 bridgehead atoms. The first kappa shape index (κ1) is 18.4. The van der Waals surface area contributed by atoms with Crippen LogP contribution < -0.4 is 4.74 Å². The van der Waals surface area contributed by atoms with Crippen molar-refractivity contribution in [3.05, 3.63) is 29.8 Å². The van der Waals surface area contributed by atoms with Crippen LogP contribution in [0.4, 0.5) is 0 Å². The molecule has 0 saturated carbocycles. The minimum Gasteiger partial charge on any atom is -0.494 e. The lowest BCUT2D eigenvalue weighted by atomic mass is 9.98. The van der Waals surface area contributed by atoms with Crippen LogP contribution in [0.1, 0.15) is 18.4 Å². The van der Waals surface area contributed by atoms with Crippen LogP contribution in [-0.4, -0.2) is 50.4 Å². The Balaban J connectivity index is 0.00000110. The topological polar surface area (TPSA) is 85.2 Å². The Kier molecular flexibility index (Phi) is 10.3. The molecule has 0 heterocycles. The SMILES string of the molecule is CCOc1ccccc1C(CO)C(O)OC=O.COC. The van der Waals surface area contributed by atoms with E-state index in [9.17, 15) is 15.0 Å². The number of aliphatic hydroxyl groups is 2. The Morgan fingerprint density at radius 2 is 1.90 bits per heavy atom. The lowest BCUT2D eigenvalue weighted by molar-refractivity contribution is -0.157. The molecule has 0 aromatic heterocycles. The molecule has 0 radical (unpaired) electrons. The van der Waals surface area contributed by atoms with Gasteiger partial charge in [0.25, 0.3) is 6.47 Å². The molecule has 2 unspecified atom stereocenters. The number of aliphatic hydroxyl groups excluding tert-OH is 2. The minimum atomic E-state index is -1.39. The van der Waals surface area contributed by atoms with E-state index < -0.39 is 12.2 Å². The second kappa shape index (κ2) is 11.2. The van der Waals surface area contributed by atoms with Gasteiger partial charge in [0.05, 0.1) is 19.1 Å². The fourth-order valence-electron chi connectivity index (χ4n) is 1.57. The third-order valence-electron chi connectivity index (χ3n) is 2.35. The van der Waals surface area contributed by atoms with Gasteiger partial charge in [-0.2, -0.15) is 0 Å². The van der Waals surface area contributed by atoms with Gasteiger partial charge in [-0.1, -0.05) is 18.2 Å². The first-order chi connectivity index (χ1) is 9.65. The summed E-state index contributed by atoms with van der Waals surface area (Å²) in [5, 5.41) is 18.8. The minimum absolute atomic E-state index is 0.149. The highest BCUT2D eigenvalue weighted by molar-refractivity contribution is 5.40. The summed E-state index contributed by atoms with van der Waals surface area (Å²) in [5.74, 6) is -0.162. The van der Waals surface area contributed by atoms with E-state index in [-0.39, 0.29) is 13.1 Å². The Morgan fingerprint density at radius 3 is 2.40 bits per heavy atom. The van der Waals surface area contributed by atoms with Crippen molar-refractivity contribution in [2.75, 3.05) is 27.4 Å².